The summed E-state index contributed by atoms with van der Waals surface area (Å²) in [5.41, 5.74) is 2.57. The van der Waals surface area contributed by atoms with E-state index in [2.05, 4.69) is 43.8 Å². The molecule has 1 heteroatoms. The van der Waals surface area contributed by atoms with E-state index >= 15 is 0 Å². The number of hydrogen-bond donors (Lipinski definition) is 1. The largest absolute Gasteiger partial charge is 0.179 e. The molecule has 11 heavy (non-hydrogen) atoms. The molecule has 0 aliphatic heterocycles. The van der Waals surface area contributed by atoms with Crippen LogP contribution in [0.5, 0.6) is 0 Å². The van der Waals surface area contributed by atoms with E-state index in [1.807, 2.05) is 0 Å². The Hall–Kier alpha value is -0.430. The van der Waals surface area contributed by atoms with Crippen molar-refractivity contribution in [1.29, 1.82) is 0 Å². The van der Waals surface area contributed by atoms with Gasteiger partial charge in [0.05, 0.1) is 0 Å². The number of hydrogen-bond acceptors (Lipinski definition) is 1. The van der Waals surface area contributed by atoms with Gasteiger partial charge < -0.3 is 0 Å². The molecule has 0 heterocycles. The minimum atomic E-state index is 0.906. The first-order chi connectivity index (χ1) is 5.36. The zero-order chi connectivity index (χ0) is 8.10. The van der Waals surface area contributed by atoms with Crippen molar-refractivity contribution in [3.63, 3.8) is 0 Å². The highest BCUT2D eigenvalue weighted by molar-refractivity contribution is 7.80. The molecule has 1 radical (unpaired) electrons. The molecule has 0 saturated carbocycles. The lowest BCUT2D eigenvalue weighted by atomic mass is 10.1. The zero-order valence-corrected chi connectivity index (χ0v) is 7.70. The summed E-state index contributed by atoms with van der Waals surface area (Å²) in [6.45, 7) is 2.15. The van der Waals surface area contributed by atoms with E-state index in [0.29, 0.717) is 0 Å². The fourth-order valence-electron chi connectivity index (χ4n) is 1.04. The Bertz CT molecular complexity index is 218. The lowest BCUT2D eigenvalue weighted by molar-refractivity contribution is 1.09. The van der Waals surface area contributed by atoms with Gasteiger partial charge in [-0.05, 0) is 35.8 Å². The van der Waals surface area contributed by atoms with Gasteiger partial charge in [-0.3, -0.25) is 0 Å². The highest BCUT2D eigenvalue weighted by Crippen LogP contribution is 2.05. The summed E-state index contributed by atoms with van der Waals surface area (Å²) in [5.74, 6) is 0.906. The van der Waals surface area contributed by atoms with Crippen LogP contribution in [-0.4, -0.2) is 5.75 Å². The molecular formula is C10H13S. The summed E-state index contributed by atoms with van der Waals surface area (Å²) in [7, 11) is 0. The van der Waals surface area contributed by atoms with Gasteiger partial charge in [0.15, 0.2) is 0 Å². The molecule has 0 unspecified atom stereocenters. The van der Waals surface area contributed by atoms with Crippen LogP contribution in [0.4, 0.5) is 0 Å². The average Bonchev–Trinajstić information content (AvgIpc) is 2.06. The van der Waals surface area contributed by atoms with Crippen molar-refractivity contribution in [1.82, 2.24) is 0 Å². The molecule has 0 amide bonds. The van der Waals surface area contributed by atoms with Crippen LogP contribution in [0, 0.1) is 6.07 Å². The lowest BCUT2D eigenvalue weighted by Gasteiger charge is -1.99. The molecule has 0 aliphatic carbocycles. The number of benzene rings is 1. The fourth-order valence-corrected chi connectivity index (χ4v) is 1.28. The maximum atomic E-state index is 4.18. The summed E-state index contributed by atoms with van der Waals surface area (Å²) in [6.07, 6.45) is 2.09. The minimum absolute atomic E-state index is 0.906. The predicted octanol–water partition coefficient (Wildman–Crippen LogP) is 2.52. The summed E-state index contributed by atoms with van der Waals surface area (Å²) in [6, 6.07) is 9.66. The van der Waals surface area contributed by atoms with Crippen molar-refractivity contribution in [3.8, 4) is 0 Å². The normalized spacial score (nSPS) is 10.0. The molecule has 0 nitrogen and oxygen atoms in total. The van der Waals surface area contributed by atoms with Gasteiger partial charge in [-0.25, -0.2) is 0 Å². The third-order valence-electron chi connectivity index (χ3n) is 1.68. The third kappa shape index (κ3) is 2.58. The van der Waals surface area contributed by atoms with Crippen LogP contribution in [0.3, 0.4) is 0 Å². The highest BCUT2D eigenvalue weighted by Gasteiger charge is 1.92. The van der Waals surface area contributed by atoms with E-state index in [1.54, 1.807) is 0 Å². The average molecular weight is 165 g/mol. The van der Waals surface area contributed by atoms with Gasteiger partial charge in [-0.15, -0.1) is 0 Å². The Labute approximate surface area is 74.0 Å². The second-order valence-electron chi connectivity index (χ2n) is 2.53. The minimum Gasteiger partial charge on any atom is -0.179 e. The van der Waals surface area contributed by atoms with Gasteiger partial charge in [0.1, 0.15) is 0 Å². The Kier molecular flexibility index (Phi) is 3.50. The summed E-state index contributed by atoms with van der Waals surface area (Å²) in [4.78, 5) is 0. The molecule has 59 valence electrons. The van der Waals surface area contributed by atoms with Crippen LogP contribution < -0.4 is 0 Å². The maximum Gasteiger partial charge on any atom is -0.00571 e. The van der Waals surface area contributed by atoms with Gasteiger partial charge in [-0.1, -0.05) is 25.1 Å². The fraction of sp³-hybridized carbons (Fsp3) is 0.400. The van der Waals surface area contributed by atoms with Crippen molar-refractivity contribution < 1.29 is 0 Å². The first-order valence-corrected chi connectivity index (χ1v) is 4.61. The molecule has 0 bridgehead atoms. The van der Waals surface area contributed by atoms with Crippen LogP contribution >= 0.6 is 12.6 Å². The van der Waals surface area contributed by atoms with Crippen molar-refractivity contribution in [2.45, 2.75) is 19.8 Å². The standard InChI is InChI=1S/C10H13S/c1-2-9-4-3-5-10(8-9)6-7-11/h3-5,11H,2,6-7H2,1H3. The molecule has 1 rings (SSSR count). The first-order valence-electron chi connectivity index (χ1n) is 3.97. The molecule has 0 saturated heterocycles. The summed E-state index contributed by atoms with van der Waals surface area (Å²) < 4.78 is 0. The van der Waals surface area contributed by atoms with Crippen LogP contribution in [0.2, 0.25) is 0 Å². The van der Waals surface area contributed by atoms with E-state index in [0.717, 1.165) is 18.6 Å². The summed E-state index contributed by atoms with van der Waals surface area (Å²) in [5, 5.41) is 0. The Morgan fingerprint density at radius 3 is 2.73 bits per heavy atom. The highest BCUT2D eigenvalue weighted by atomic mass is 32.1. The second kappa shape index (κ2) is 4.45. The van der Waals surface area contributed by atoms with E-state index in [1.165, 1.54) is 11.1 Å². The number of thiol groups is 1. The number of rotatable bonds is 3. The van der Waals surface area contributed by atoms with E-state index in [4.69, 9.17) is 0 Å². The van der Waals surface area contributed by atoms with Crippen LogP contribution in [0.1, 0.15) is 18.1 Å². The topological polar surface area (TPSA) is 0 Å². The molecule has 0 fully saturated rings. The van der Waals surface area contributed by atoms with E-state index in [-0.39, 0.29) is 0 Å². The van der Waals surface area contributed by atoms with E-state index < -0.39 is 0 Å². The van der Waals surface area contributed by atoms with Gasteiger partial charge in [-0.2, -0.15) is 12.6 Å². The Morgan fingerprint density at radius 1 is 1.36 bits per heavy atom. The molecular weight excluding hydrogens is 152 g/mol. The van der Waals surface area contributed by atoms with Crippen molar-refractivity contribution in [2.75, 3.05) is 5.75 Å². The van der Waals surface area contributed by atoms with Gasteiger partial charge in [0, 0.05) is 0 Å². The molecule has 0 atom stereocenters. The smallest absolute Gasteiger partial charge is 0.00571 e. The van der Waals surface area contributed by atoms with Crippen molar-refractivity contribution >= 4 is 12.6 Å². The van der Waals surface area contributed by atoms with Crippen molar-refractivity contribution in [2.24, 2.45) is 0 Å². The second-order valence-corrected chi connectivity index (χ2v) is 2.98. The SMILES string of the molecule is CCc1[c]c(CCS)ccc1. The van der Waals surface area contributed by atoms with Gasteiger partial charge in [0.2, 0.25) is 0 Å². The molecule has 1 aromatic rings. The van der Waals surface area contributed by atoms with Crippen molar-refractivity contribution in [3.05, 3.63) is 35.4 Å². The summed E-state index contributed by atoms with van der Waals surface area (Å²) >= 11 is 4.18. The van der Waals surface area contributed by atoms with E-state index in [9.17, 15) is 0 Å². The van der Waals surface area contributed by atoms with Gasteiger partial charge in [0.25, 0.3) is 0 Å². The molecule has 0 N–H and O–H groups in total. The van der Waals surface area contributed by atoms with Gasteiger partial charge >= 0.3 is 0 Å². The monoisotopic (exact) mass is 165 g/mol. The predicted molar refractivity (Wildman–Crippen MR) is 52.2 cm³/mol. The molecule has 0 aromatic heterocycles. The Balaban J connectivity index is 2.74. The Morgan fingerprint density at radius 2 is 2.09 bits per heavy atom. The first kappa shape index (κ1) is 8.66. The third-order valence-corrected chi connectivity index (χ3v) is 1.90. The van der Waals surface area contributed by atoms with Crippen LogP contribution in [-0.2, 0) is 12.8 Å². The van der Waals surface area contributed by atoms with Crippen LogP contribution in [0.15, 0.2) is 18.2 Å². The lowest BCUT2D eigenvalue weighted by Crippen LogP contribution is -1.88. The zero-order valence-electron chi connectivity index (χ0n) is 6.80. The maximum absolute atomic E-state index is 4.18. The van der Waals surface area contributed by atoms with Crippen LogP contribution in [0.25, 0.3) is 0 Å². The molecule has 1 aromatic carbocycles. The number of aryl methyl sites for hydroxylation is 2. The molecule has 0 spiro atoms. The quantitative estimate of drug-likeness (QED) is 0.654. The molecule has 0 aliphatic rings.